The zero-order chi connectivity index (χ0) is 11.5. The number of nitrogens with zero attached hydrogens (tertiary/aromatic N) is 2. The van der Waals surface area contributed by atoms with Gasteiger partial charge >= 0.3 is 0 Å². The van der Waals surface area contributed by atoms with E-state index in [2.05, 4.69) is 15.5 Å². The Morgan fingerprint density at radius 2 is 2.13 bits per heavy atom. The van der Waals surface area contributed by atoms with Crippen LogP contribution in [-0.2, 0) is 9.84 Å². The van der Waals surface area contributed by atoms with E-state index in [0.717, 1.165) is 0 Å². The van der Waals surface area contributed by atoms with Crippen molar-refractivity contribution in [1.29, 1.82) is 0 Å². The normalized spacial score (nSPS) is 12.5. The summed E-state index contributed by atoms with van der Waals surface area (Å²) >= 11 is 0. The molecule has 1 heterocycles. The first-order valence-corrected chi connectivity index (χ1v) is 6.43. The van der Waals surface area contributed by atoms with E-state index < -0.39 is 14.6 Å². The standard InChI is InChI=1S/C9H15N3O2S/c1-9(2,15(3,13)14)7-10-8-5-4-6-11-12-8/h4-6H,7H2,1-3H3,(H,10,12). The van der Waals surface area contributed by atoms with Crippen LogP contribution in [0, 0.1) is 0 Å². The van der Waals surface area contributed by atoms with Crippen molar-refractivity contribution in [1.82, 2.24) is 10.2 Å². The van der Waals surface area contributed by atoms with Crippen LogP contribution in [0.2, 0.25) is 0 Å². The van der Waals surface area contributed by atoms with Crippen molar-refractivity contribution in [2.24, 2.45) is 0 Å². The Morgan fingerprint density at radius 3 is 2.60 bits per heavy atom. The van der Waals surface area contributed by atoms with Crippen molar-refractivity contribution in [3.63, 3.8) is 0 Å². The van der Waals surface area contributed by atoms with Crippen LogP contribution in [0.4, 0.5) is 5.82 Å². The third kappa shape index (κ3) is 3.16. The minimum atomic E-state index is -3.08. The molecule has 0 aliphatic carbocycles. The monoisotopic (exact) mass is 229 g/mol. The lowest BCUT2D eigenvalue weighted by Crippen LogP contribution is -2.38. The van der Waals surface area contributed by atoms with Crippen LogP contribution >= 0.6 is 0 Å². The summed E-state index contributed by atoms with van der Waals surface area (Å²) in [6.45, 7) is 3.65. The van der Waals surface area contributed by atoms with E-state index in [1.807, 2.05) is 0 Å². The molecule has 5 nitrogen and oxygen atoms in total. The molecule has 0 aliphatic heterocycles. The predicted molar refractivity (Wildman–Crippen MR) is 59.4 cm³/mol. The molecule has 0 amide bonds. The van der Waals surface area contributed by atoms with E-state index in [-0.39, 0.29) is 0 Å². The Bertz CT molecular complexity index is 414. The van der Waals surface area contributed by atoms with E-state index in [1.54, 1.807) is 32.2 Å². The van der Waals surface area contributed by atoms with Gasteiger partial charge in [0.25, 0.3) is 0 Å². The van der Waals surface area contributed by atoms with Crippen LogP contribution in [0.5, 0.6) is 0 Å². The molecular weight excluding hydrogens is 214 g/mol. The summed E-state index contributed by atoms with van der Waals surface area (Å²) in [4.78, 5) is 0. The van der Waals surface area contributed by atoms with Crippen LogP contribution in [0.15, 0.2) is 18.3 Å². The van der Waals surface area contributed by atoms with Gasteiger partial charge in [-0.3, -0.25) is 0 Å². The molecule has 15 heavy (non-hydrogen) atoms. The van der Waals surface area contributed by atoms with Crippen molar-refractivity contribution in [2.75, 3.05) is 18.1 Å². The highest BCUT2D eigenvalue weighted by atomic mass is 32.2. The molecule has 0 bridgehead atoms. The molecular formula is C9H15N3O2S. The summed E-state index contributed by atoms with van der Waals surface area (Å²) in [5, 5.41) is 10.4. The van der Waals surface area contributed by atoms with Crippen molar-refractivity contribution in [2.45, 2.75) is 18.6 Å². The van der Waals surface area contributed by atoms with E-state index in [1.165, 1.54) is 6.26 Å². The SMILES string of the molecule is CC(C)(CNc1cccnn1)S(C)(=O)=O. The second-order valence-electron chi connectivity index (χ2n) is 3.99. The fraction of sp³-hybridized carbons (Fsp3) is 0.556. The molecule has 1 N–H and O–H groups in total. The van der Waals surface area contributed by atoms with E-state index >= 15 is 0 Å². The van der Waals surface area contributed by atoms with Gasteiger partial charge in [-0.2, -0.15) is 5.10 Å². The smallest absolute Gasteiger partial charge is 0.154 e. The Morgan fingerprint density at radius 1 is 1.47 bits per heavy atom. The Kier molecular flexibility index (Phi) is 3.28. The summed E-state index contributed by atoms with van der Waals surface area (Å²) in [7, 11) is -3.08. The Hall–Kier alpha value is -1.17. The maximum absolute atomic E-state index is 11.4. The zero-order valence-electron chi connectivity index (χ0n) is 9.06. The zero-order valence-corrected chi connectivity index (χ0v) is 9.87. The van der Waals surface area contributed by atoms with E-state index in [9.17, 15) is 8.42 Å². The highest BCUT2D eigenvalue weighted by Crippen LogP contribution is 2.15. The summed E-state index contributed by atoms with van der Waals surface area (Å²) in [6, 6.07) is 3.48. The van der Waals surface area contributed by atoms with Gasteiger partial charge in [-0.15, -0.1) is 5.10 Å². The minimum Gasteiger partial charge on any atom is -0.367 e. The molecule has 6 heteroatoms. The molecule has 0 saturated carbocycles. The van der Waals surface area contributed by atoms with Crippen LogP contribution in [0.1, 0.15) is 13.8 Å². The second kappa shape index (κ2) is 4.14. The van der Waals surface area contributed by atoms with E-state index in [0.29, 0.717) is 12.4 Å². The topological polar surface area (TPSA) is 72.0 Å². The summed E-state index contributed by atoms with van der Waals surface area (Å²) in [5.41, 5.74) is 0. The largest absolute Gasteiger partial charge is 0.367 e. The van der Waals surface area contributed by atoms with Crippen LogP contribution in [0.25, 0.3) is 0 Å². The molecule has 1 aromatic rings. The maximum atomic E-state index is 11.4. The van der Waals surface area contributed by atoms with Gasteiger partial charge < -0.3 is 5.32 Å². The third-order valence-electron chi connectivity index (χ3n) is 2.27. The molecule has 0 atom stereocenters. The molecule has 0 saturated heterocycles. The van der Waals surface area contributed by atoms with Gasteiger partial charge in [0.15, 0.2) is 9.84 Å². The van der Waals surface area contributed by atoms with Crippen molar-refractivity contribution < 1.29 is 8.42 Å². The molecule has 0 spiro atoms. The highest BCUT2D eigenvalue weighted by Gasteiger charge is 2.29. The van der Waals surface area contributed by atoms with Gasteiger partial charge in [0.1, 0.15) is 5.82 Å². The fourth-order valence-corrected chi connectivity index (χ4v) is 1.16. The molecule has 1 aromatic heterocycles. The van der Waals surface area contributed by atoms with Gasteiger partial charge in [-0.05, 0) is 26.0 Å². The number of hydrogen-bond donors (Lipinski definition) is 1. The van der Waals surface area contributed by atoms with Gasteiger partial charge in [0, 0.05) is 19.0 Å². The van der Waals surface area contributed by atoms with Crippen molar-refractivity contribution >= 4 is 15.7 Å². The number of aromatic nitrogens is 2. The number of anilines is 1. The average molecular weight is 229 g/mol. The molecule has 0 aliphatic rings. The average Bonchev–Trinajstić information content (AvgIpc) is 2.15. The molecule has 1 rings (SSSR count). The first-order chi connectivity index (χ1) is 6.83. The lowest BCUT2D eigenvalue weighted by atomic mass is 10.2. The highest BCUT2D eigenvalue weighted by molar-refractivity contribution is 7.92. The van der Waals surface area contributed by atoms with Crippen molar-refractivity contribution in [3.8, 4) is 0 Å². The molecule has 0 fully saturated rings. The maximum Gasteiger partial charge on any atom is 0.154 e. The van der Waals surface area contributed by atoms with Crippen LogP contribution < -0.4 is 5.32 Å². The first-order valence-electron chi connectivity index (χ1n) is 4.54. The van der Waals surface area contributed by atoms with Gasteiger partial charge in [0.05, 0.1) is 4.75 Å². The predicted octanol–water partition coefficient (Wildman–Crippen LogP) is 0.712. The third-order valence-corrected chi connectivity index (χ3v) is 4.42. The quantitative estimate of drug-likeness (QED) is 0.823. The summed E-state index contributed by atoms with van der Waals surface area (Å²) in [5.74, 6) is 0.578. The summed E-state index contributed by atoms with van der Waals surface area (Å²) in [6.07, 6.45) is 2.79. The summed E-state index contributed by atoms with van der Waals surface area (Å²) < 4.78 is 22.0. The van der Waals surface area contributed by atoms with Crippen LogP contribution in [0.3, 0.4) is 0 Å². The molecule has 0 aromatic carbocycles. The lowest BCUT2D eigenvalue weighted by Gasteiger charge is -2.22. The van der Waals surface area contributed by atoms with Crippen LogP contribution in [-0.4, -0.2) is 36.2 Å². The minimum absolute atomic E-state index is 0.310. The second-order valence-corrected chi connectivity index (χ2v) is 6.64. The number of rotatable bonds is 4. The van der Waals surface area contributed by atoms with E-state index in [4.69, 9.17) is 0 Å². The lowest BCUT2D eigenvalue weighted by molar-refractivity contribution is 0.559. The molecule has 0 radical (unpaired) electrons. The van der Waals surface area contributed by atoms with Crippen molar-refractivity contribution in [3.05, 3.63) is 18.3 Å². The first kappa shape index (κ1) is 11.9. The Balaban J connectivity index is 2.66. The number of sulfone groups is 1. The molecule has 84 valence electrons. The number of hydrogen-bond acceptors (Lipinski definition) is 5. The Labute approximate surface area is 89.8 Å². The number of nitrogens with one attached hydrogen (secondary N) is 1. The fourth-order valence-electron chi connectivity index (χ4n) is 0.830. The van der Waals surface area contributed by atoms with Gasteiger partial charge in [-0.1, -0.05) is 0 Å². The van der Waals surface area contributed by atoms with Gasteiger partial charge in [0.2, 0.25) is 0 Å². The molecule has 0 unspecified atom stereocenters. The van der Waals surface area contributed by atoms with Gasteiger partial charge in [-0.25, -0.2) is 8.42 Å².